The zero-order valence-electron chi connectivity index (χ0n) is 9.65. The predicted octanol–water partition coefficient (Wildman–Crippen LogP) is 0.615. The first kappa shape index (κ1) is 12.8. The number of phenolic OH excluding ortho intramolecular Hbond substituents is 1. The zero-order valence-corrected chi connectivity index (χ0v) is 9.65. The van der Waals surface area contributed by atoms with E-state index in [2.05, 4.69) is 10.6 Å². The van der Waals surface area contributed by atoms with Gasteiger partial charge >= 0.3 is 0 Å². The molecule has 0 bridgehead atoms. The number of likely N-dealkylation sites (N-methyl/N-ethyl adjacent to an activating group) is 1. The fourth-order valence-electron chi connectivity index (χ4n) is 1.22. The molecular weight excluding hydrogens is 220 g/mol. The second-order valence-corrected chi connectivity index (χ2v) is 3.41. The first-order valence-electron chi connectivity index (χ1n) is 5.03. The average molecular weight is 234 g/mol. The van der Waals surface area contributed by atoms with E-state index in [0.29, 0.717) is 5.56 Å². The quantitative estimate of drug-likeness (QED) is 0.671. The number of carbonyl (C=O) groups excluding carboxylic acids is 2. The molecule has 5 nitrogen and oxygen atoms in total. The monoisotopic (exact) mass is 234 g/mol. The molecular formula is C12H14N2O3. The summed E-state index contributed by atoms with van der Waals surface area (Å²) >= 11 is 0. The number of hydrogen-bond donors (Lipinski definition) is 3. The van der Waals surface area contributed by atoms with Crippen molar-refractivity contribution in [2.45, 2.75) is 6.92 Å². The largest absolute Gasteiger partial charge is 0.508 e. The van der Waals surface area contributed by atoms with Gasteiger partial charge in [-0.25, -0.2) is 0 Å². The summed E-state index contributed by atoms with van der Waals surface area (Å²) in [6.07, 6.45) is 1.53. The van der Waals surface area contributed by atoms with Gasteiger partial charge in [-0.1, -0.05) is 12.1 Å². The van der Waals surface area contributed by atoms with Crippen molar-refractivity contribution >= 4 is 17.9 Å². The maximum Gasteiger partial charge on any atom is 0.267 e. The number of amides is 2. The maximum atomic E-state index is 11.5. The highest BCUT2D eigenvalue weighted by Crippen LogP contribution is 2.12. The molecule has 1 aromatic carbocycles. The van der Waals surface area contributed by atoms with Gasteiger partial charge in [0.2, 0.25) is 5.91 Å². The molecule has 90 valence electrons. The van der Waals surface area contributed by atoms with Gasteiger partial charge < -0.3 is 15.7 Å². The molecule has 0 unspecified atom stereocenters. The van der Waals surface area contributed by atoms with Gasteiger partial charge in [0.05, 0.1) is 0 Å². The summed E-state index contributed by atoms with van der Waals surface area (Å²) in [6.45, 7) is 1.33. The molecule has 0 saturated heterocycles. The molecule has 0 aromatic heterocycles. The third-order valence-electron chi connectivity index (χ3n) is 1.99. The molecule has 0 fully saturated rings. The smallest absolute Gasteiger partial charge is 0.267 e. The second-order valence-electron chi connectivity index (χ2n) is 3.41. The molecule has 17 heavy (non-hydrogen) atoms. The number of hydrogen-bond acceptors (Lipinski definition) is 3. The lowest BCUT2D eigenvalue weighted by Crippen LogP contribution is -2.31. The number of phenols is 1. The highest BCUT2D eigenvalue weighted by molar-refractivity contribution is 6.00. The third kappa shape index (κ3) is 3.98. The van der Waals surface area contributed by atoms with Crippen molar-refractivity contribution < 1.29 is 14.7 Å². The van der Waals surface area contributed by atoms with Crippen molar-refractivity contribution in [2.75, 3.05) is 7.05 Å². The van der Waals surface area contributed by atoms with Gasteiger partial charge in [0.15, 0.2) is 0 Å². The third-order valence-corrected chi connectivity index (χ3v) is 1.99. The van der Waals surface area contributed by atoms with Crippen LogP contribution in [0.25, 0.3) is 6.08 Å². The van der Waals surface area contributed by atoms with Gasteiger partial charge in [-0.2, -0.15) is 0 Å². The number of carbonyl (C=O) groups is 2. The van der Waals surface area contributed by atoms with Crippen LogP contribution < -0.4 is 10.6 Å². The molecule has 0 atom stereocenters. The van der Waals surface area contributed by atoms with Crippen LogP contribution in [-0.2, 0) is 9.59 Å². The molecule has 5 heteroatoms. The van der Waals surface area contributed by atoms with Crippen LogP contribution in [0.15, 0.2) is 30.0 Å². The van der Waals surface area contributed by atoms with Gasteiger partial charge in [-0.05, 0) is 23.8 Å². The van der Waals surface area contributed by atoms with Crippen molar-refractivity contribution in [3.63, 3.8) is 0 Å². The van der Waals surface area contributed by atoms with Gasteiger partial charge in [-0.15, -0.1) is 0 Å². The summed E-state index contributed by atoms with van der Waals surface area (Å²) in [5.41, 5.74) is 0.862. The maximum absolute atomic E-state index is 11.5. The Kier molecular flexibility index (Phi) is 4.28. The van der Waals surface area contributed by atoms with E-state index in [0.717, 1.165) is 0 Å². The summed E-state index contributed by atoms with van der Waals surface area (Å²) in [4.78, 5) is 22.4. The van der Waals surface area contributed by atoms with Crippen LogP contribution in [0.3, 0.4) is 0 Å². The molecule has 3 N–H and O–H groups in total. The van der Waals surface area contributed by atoms with Crippen molar-refractivity contribution in [3.8, 4) is 5.75 Å². The lowest BCUT2D eigenvalue weighted by Gasteiger charge is -2.06. The normalized spacial score (nSPS) is 10.8. The molecule has 0 heterocycles. The van der Waals surface area contributed by atoms with Crippen LogP contribution in [0, 0.1) is 0 Å². The fraction of sp³-hybridized carbons (Fsp3) is 0.167. The molecule has 2 amide bonds. The van der Waals surface area contributed by atoms with Gasteiger partial charge in [0.25, 0.3) is 5.91 Å². The van der Waals surface area contributed by atoms with E-state index in [1.165, 1.54) is 32.2 Å². The standard InChI is InChI=1S/C12H14N2O3/c1-8(15)14-11(12(17)13-2)7-9-3-5-10(16)6-4-9/h3-7,16H,1-2H3,(H,13,17)(H,14,15)/b11-7-. The molecule has 0 spiro atoms. The molecule has 1 aromatic rings. The van der Waals surface area contributed by atoms with Crippen LogP contribution in [0.4, 0.5) is 0 Å². The Morgan fingerprint density at radius 2 is 1.82 bits per heavy atom. The molecule has 0 aliphatic carbocycles. The lowest BCUT2D eigenvalue weighted by atomic mass is 10.2. The van der Waals surface area contributed by atoms with Gasteiger partial charge in [0, 0.05) is 14.0 Å². The Morgan fingerprint density at radius 1 is 1.24 bits per heavy atom. The topological polar surface area (TPSA) is 78.4 Å². The molecule has 0 aliphatic rings. The van der Waals surface area contributed by atoms with Gasteiger partial charge in [-0.3, -0.25) is 9.59 Å². The van der Waals surface area contributed by atoms with Crippen LogP contribution in [0.2, 0.25) is 0 Å². The summed E-state index contributed by atoms with van der Waals surface area (Å²) in [6, 6.07) is 6.28. The van der Waals surface area contributed by atoms with Crippen molar-refractivity contribution in [3.05, 3.63) is 35.5 Å². The minimum absolute atomic E-state index is 0.142. The van der Waals surface area contributed by atoms with E-state index in [1.807, 2.05) is 0 Å². The minimum atomic E-state index is -0.381. The van der Waals surface area contributed by atoms with E-state index in [9.17, 15) is 9.59 Å². The number of aromatic hydroxyl groups is 1. The van der Waals surface area contributed by atoms with E-state index < -0.39 is 0 Å². The Balaban J connectivity index is 3.00. The Labute approximate surface area is 99.1 Å². The second kappa shape index (κ2) is 5.69. The predicted molar refractivity (Wildman–Crippen MR) is 64.0 cm³/mol. The summed E-state index contributed by atoms with van der Waals surface area (Å²) in [7, 11) is 1.48. The molecule has 0 radical (unpaired) electrons. The first-order chi connectivity index (χ1) is 8.02. The van der Waals surface area contributed by atoms with E-state index >= 15 is 0 Å². The van der Waals surface area contributed by atoms with Crippen molar-refractivity contribution in [1.82, 2.24) is 10.6 Å². The highest BCUT2D eigenvalue weighted by Gasteiger charge is 2.08. The first-order valence-corrected chi connectivity index (χ1v) is 5.03. The molecule has 1 rings (SSSR count). The summed E-state index contributed by atoms with van der Waals surface area (Å²) in [5.74, 6) is -0.560. The fourth-order valence-corrected chi connectivity index (χ4v) is 1.22. The average Bonchev–Trinajstić information content (AvgIpc) is 2.29. The van der Waals surface area contributed by atoms with Crippen molar-refractivity contribution in [2.24, 2.45) is 0 Å². The number of benzene rings is 1. The Bertz CT molecular complexity index is 449. The Morgan fingerprint density at radius 3 is 2.29 bits per heavy atom. The summed E-state index contributed by atoms with van der Waals surface area (Å²) < 4.78 is 0. The van der Waals surface area contributed by atoms with E-state index in [1.54, 1.807) is 12.1 Å². The van der Waals surface area contributed by atoms with Crippen molar-refractivity contribution in [1.29, 1.82) is 0 Å². The minimum Gasteiger partial charge on any atom is -0.508 e. The summed E-state index contributed by atoms with van der Waals surface area (Å²) in [5, 5.41) is 14.0. The highest BCUT2D eigenvalue weighted by atomic mass is 16.3. The number of rotatable bonds is 3. The lowest BCUT2D eigenvalue weighted by molar-refractivity contribution is -0.122. The van der Waals surface area contributed by atoms with Gasteiger partial charge in [0.1, 0.15) is 11.4 Å². The molecule has 0 aliphatic heterocycles. The zero-order chi connectivity index (χ0) is 12.8. The SMILES string of the molecule is CNC(=O)/C(=C/c1ccc(O)cc1)NC(C)=O. The Hall–Kier alpha value is -2.30. The number of nitrogens with one attached hydrogen (secondary N) is 2. The molecule has 0 saturated carbocycles. The van der Waals surface area contributed by atoms with E-state index in [-0.39, 0.29) is 23.3 Å². The van der Waals surface area contributed by atoms with Crippen LogP contribution in [-0.4, -0.2) is 24.0 Å². The van der Waals surface area contributed by atoms with Crippen LogP contribution in [0.5, 0.6) is 5.75 Å². The van der Waals surface area contributed by atoms with Crippen LogP contribution >= 0.6 is 0 Å². The van der Waals surface area contributed by atoms with Crippen LogP contribution in [0.1, 0.15) is 12.5 Å². The van der Waals surface area contributed by atoms with E-state index in [4.69, 9.17) is 5.11 Å².